The molecule has 2 aromatic rings. The van der Waals surface area contributed by atoms with Gasteiger partial charge in [-0.1, -0.05) is 24.3 Å². The zero-order chi connectivity index (χ0) is 16.5. The summed E-state index contributed by atoms with van der Waals surface area (Å²) in [6.45, 7) is 0.587. The van der Waals surface area contributed by atoms with Gasteiger partial charge in [0.2, 0.25) is 5.91 Å². The Bertz CT molecular complexity index is 750. The van der Waals surface area contributed by atoms with Crippen molar-refractivity contribution in [3.8, 4) is 0 Å². The number of amides is 2. The number of rotatable bonds is 3. The van der Waals surface area contributed by atoms with E-state index in [0.29, 0.717) is 18.5 Å². The van der Waals surface area contributed by atoms with Crippen molar-refractivity contribution in [1.29, 1.82) is 0 Å². The highest BCUT2D eigenvalue weighted by molar-refractivity contribution is 5.94. The van der Waals surface area contributed by atoms with Crippen molar-refractivity contribution in [3.63, 3.8) is 0 Å². The molecule has 1 N–H and O–H groups in total. The maximum absolute atomic E-state index is 12.4. The predicted molar refractivity (Wildman–Crippen MR) is 89.5 cm³/mol. The summed E-state index contributed by atoms with van der Waals surface area (Å²) in [6, 6.07) is 11.9. The van der Waals surface area contributed by atoms with Crippen LogP contribution in [0.4, 0.5) is 0 Å². The van der Waals surface area contributed by atoms with E-state index >= 15 is 0 Å². The van der Waals surface area contributed by atoms with Crippen molar-refractivity contribution in [2.75, 3.05) is 6.54 Å². The number of nitrogens with zero attached hydrogens (tertiary/aromatic N) is 2. The van der Waals surface area contributed by atoms with E-state index in [1.807, 2.05) is 17.0 Å². The van der Waals surface area contributed by atoms with Crippen LogP contribution in [0.25, 0.3) is 0 Å². The largest absolute Gasteiger partial charge is 0.347 e. The van der Waals surface area contributed by atoms with Crippen LogP contribution in [0, 0.1) is 0 Å². The normalized spacial score (nSPS) is 20.2. The molecule has 2 aliphatic rings. The van der Waals surface area contributed by atoms with Crippen LogP contribution in [0.3, 0.4) is 0 Å². The van der Waals surface area contributed by atoms with Gasteiger partial charge in [-0.2, -0.15) is 0 Å². The van der Waals surface area contributed by atoms with Crippen LogP contribution in [0.1, 0.15) is 27.9 Å². The summed E-state index contributed by atoms with van der Waals surface area (Å²) in [5.41, 5.74) is 3.19. The number of benzene rings is 1. The number of likely N-dealkylation sites (tertiary alicyclic amines) is 1. The summed E-state index contributed by atoms with van der Waals surface area (Å²) in [7, 11) is 0. The molecule has 0 saturated carbocycles. The number of carbonyl (C=O) groups is 2. The van der Waals surface area contributed by atoms with Gasteiger partial charge in [-0.15, -0.1) is 0 Å². The summed E-state index contributed by atoms with van der Waals surface area (Å²) >= 11 is 0. The lowest BCUT2D eigenvalue weighted by molar-refractivity contribution is -0.129. The van der Waals surface area contributed by atoms with Crippen molar-refractivity contribution in [2.24, 2.45) is 0 Å². The van der Waals surface area contributed by atoms with E-state index in [4.69, 9.17) is 0 Å². The third-order valence-corrected chi connectivity index (χ3v) is 4.89. The number of carbonyl (C=O) groups excluding carboxylic acids is 2. The number of aromatic nitrogens is 1. The van der Waals surface area contributed by atoms with Crippen molar-refractivity contribution in [3.05, 3.63) is 65.5 Å². The number of pyridine rings is 1. The molecule has 1 fully saturated rings. The van der Waals surface area contributed by atoms with Gasteiger partial charge in [0.25, 0.3) is 5.91 Å². The lowest BCUT2D eigenvalue weighted by Crippen LogP contribution is -2.41. The Morgan fingerprint density at radius 3 is 2.50 bits per heavy atom. The van der Waals surface area contributed by atoms with Gasteiger partial charge in [0, 0.05) is 31.4 Å². The van der Waals surface area contributed by atoms with E-state index in [0.717, 1.165) is 12.8 Å². The molecule has 1 aliphatic carbocycles. The van der Waals surface area contributed by atoms with Gasteiger partial charge in [0.1, 0.15) is 0 Å². The summed E-state index contributed by atoms with van der Waals surface area (Å²) < 4.78 is 0. The minimum atomic E-state index is -0.169. The first-order valence-corrected chi connectivity index (χ1v) is 8.28. The predicted octanol–water partition coefficient (Wildman–Crippen LogP) is 1.58. The van der Waals surface area contributed by atoms with Crippen LogP contribution in [0.5, 0.6) is 0 Å². The van der Waals surface area contributed by atoms with E-state index in [-0.39, 0.29) is 23.9 Å². The monoisotopic (exact) mass is 321 g/mol. The molecule has 4 rings (SSSR count). The first kappa shape index (κ1) is 14.9. The second-order valence-electron chi connectivity index (χ2n) is 6.49. The summed E-state index contributed by atoms with van der Waals surface area (Å²) in [4.78, 5) is 30.5. The molecule has 2 amide bonds. The maximum atomic E-state index is 12.4. The van der Waals surface area contributed by atoms with Crippen LogP contribution in [0.2, 0.25) is 0 Å². The summed E-state index contributed by atoms with van der Waals surface area (Å²) in [5.74, 6) is -0.0400. The van der Waals surface area contributed by atoms with Crippen LogP contribution in [-0.4, -0.2) is 40.3 Å². The molecule has 5 nitrogen and oxygen atoms in total. The highest BCUT2D eigenvalue weighted by Gasteiger charge is 2.37. The lowest BCUT2D eigenvalue weighted by atomic mass is 10.1. The van der Waals surface area contributed by atoms with Crippen LogP contribution >= 0.6 is 0 Å². The van der Waals surface area contributed by atoms with E-state index in [9.17, 15) is 9.59 Å². The van der Waals surface area contributed by atoms with E-state index in [2.05, 4.69) is 22.4 Å². The van der Waals surface area contributed by atoms with Crippen LogP contribution < -0.4 is 5.32 Å². The van der Waals surface area contributed by atoms with Gasteiger partial charge in [-0.05, 0) is 36.1 Å². The SMILES string of the molecule is O=C(N[C@H]1CC(=O)N(C2Cc3ccccc3C2)C1)c1cccnc1. The molecule has 24 heavy (non-hydrogen) atoms. The zero-order valence-electron chi connectivity index (χ0n) is 13.3. The minimum absolute atomic E-state index is 0.129. The number of hydrogen-bond donors (Lipinski definition) is 1. The average Bonchev–Trinajstić information content (AvgIpc) is 3.18. The van der Waals surface area contributed by atoms with Gasteiger partial charge in [0.15, 0.2) is 0 Å². The van der Waals surface area contributed by atoms with Gasteiger partial charge >= 0.3 is 0 Å². The molecule has 2 heterocycles. The van der Waals surface area contributed by atoms with E-state index < -0.39 is 0 Å². The first-order chi connectivity index (χ1) is 11.7. The number of nitrogens with one attached hydrogen (secondary N) is 1. The Kier molecular flexibility index (Phi) is 3.76. The molecule has 1 aromatic heterocycles. The Labute approximate surface area is 140 Å². The van der Waals surface area contributed by atoms with E-state index in [1.54, 1.807) is 18.3 Å². The molecular weight excluding hydrogens is 302 g/mol. The number of fused-ring (bicyclic) bond motifs is 1. The van der Waals surface area contributed by atoms with Crippen molar-refractivity contribution >= 4 is 11.8 Å². The number of hydrogen-bond acceptors (Lipinski definition) is 3. The molecule has 0 radical (unpaired) electrons. The maximum Gasteiger partial charge on any atom is 0.253 e. The fourth-order valence-corrected chi connectivity index (χ4v) is 3.70. The van der Waals surface area contributed by atoms with Crippen LogP contribution in [0.15, 0.2) is 48.8 Å². The fraction of sp³-hybridized carbons (Fsp3) is 0.316. The Hall–Kier alpha value is -2.69. The minimum Gasteiger partial charge on any atom is -0.347 e. The fourth-order valence-electron chi connectivity index (χ4n) is 3.70. The molecule has 122 valence electrons. The molecule has 1 saturated heterocycles. The molecule has 0 spiro atoms. The van der Waals surface area contributed by atoms with Crippen molar-refractivity contribution < 1.29 is 9.59 Å². The smallest absolute Gasteiger partial charge is 0.253 e. The van der Waals surface area contributed by atoms with Gasteiger partial charge in [0.05, 0.1) is 11.6 Å². The first-order valence-electron chi connectivity index (χ1n) is 8.28. The van der Waals surface area contributed by atoms with Gasteiger partial charge < -0.3 is 10.2 Å². The van der Waals surface area contributed by atoms with Crippen molar-refractivity contribution in [2.45, 2.75) is 31.3 Å². The molecule has 5 heteroatoms. The second kappa shape index (κ2) is 6.07. The second-order valence-corrected chi connectivity index (χ2v) is 6.49. The molecule has 1 aromatic carbocycles. The topological polar surface area (TPSA) is 62.3 Å². The Morgan fingerprint density at radius 1 is 1.08 bits per heavy atom. The highest BCUT2D eigenvalue weighted by Crippen LogP contribution is 2.28. The lowest BCUT2D eigenvalue weighted by Gasteiger charge is -2.24. The average molecular weight is 321 g/mol. The van der Waals surface area contributed by atoms with Crippen LogP contribution in [-0.2, 0) is 17.6 Å². The molecule has 1 atom stereocenters. The zero-order valence-corrected chi connectivity index (χ0v) is 13.3. The quantitative estimate of drug-likeness (QED) is 0.933. The molecule has 1 aliphatic heterocycles. The third-order valence-electron chi connectivity index (χ3n) is 4.89. The Morgan fingerprint density at radius 2 is 1.83 bits per heavy atom. The summed E-state index contributed by atoms with van der Waals surface area (Å²) in [5, 5.41) is 2.96. The van der Waals surface area contributed by atoms with Gasteiger partial charge in [-0.25, -0.2) is 0 Å². The molecule has 0 bridgehead atoms. The standard InChI is InChI=1S/C19H19N3O2/c23-18-10-16(21-19(24)15-6-3-7-20-11-15)12-22(18)17-8-13-4-1-2-5-14(13)9-17/h1-7,11,16-17H,8-10,12H2,(H,21,24)/t16-/m0/s1. The van der Waals surface area contributed by atoms with Crippen molar-refractivity contribution in [1.82, 2.24) is 15.2 Å². The Balaban J connectivity index is 1.40. The summed E-state index contributed by atoms with van der Waals surface area (Å²) in [6.07, 6.45) is 5.36. The highest BCUT2D eigenvalue weighted by atomic mass is 16.2. The third kappa shape index (κ3) is 2.77. The van der Waals surface area contributed by atoms with Gasteiger partial charge in [-0.3, -0.25) is 14.6 Å². The van der Waals surface area contributed by atoms with E-state index in [1.165, 1.54) is 17.3 Å². The molecular formula is C19H19N3O2. The molecule has 0 unspecified atom stereocenters.